The fourth-order valence-electron chi connectivity index (χ4n) is 5.79. The summed E-state index contributed by atoms with van der Waals surface area (Å²) in [6.07, 6.45) is -19.3. The number of carbonyl (C=O) groups is 2. The summed E-state index contributed by atoms with van der Waals surface area (Å²) in [7, 11) is 0.918. The number of amides is 2. The Kier molecular flexibility index (Phi) is 9.03. The number of methoxy groups -OCH3 is 1. The predicted molar refractivity (Wildman–Crippen MR) is 142 cm³/mol. The number of benzene rings is 2. The number of fused-ring (bicyclic) bond motifs is 1. The van der Waals surface area contributed by atoms with Crippen molar-refractivity contribution in [1.29, 1.82) is 0 Å². The Bertz CT molecular complexity index is 1390. The highest BCUT2D eigenvalue weighted by atomic mass is 79.9. The van der Waals surface area contributed by atoms with E-state index in [1.165, 1.54) is 32.0 Å². The Hall–Kier alpha value is -3.01. The molecule has 0 N–H and O–H groups in total. The van der Waals surface area contributed by atoms with Crippen LogP contribution in [0.4, 0.5) is 54.8 Å². The van der Waals surface area contributed by atoms with Gasteiger partial charge in [0.05, 0.1) is 28.8 Å². The number of para-hydroxylation sites is 1. The molecule has 1 fully saturated rings. The lowest BCUT2D eigenvalue weighted by atomic mass is 9.85. The Labute approximate surface area is 254 Å². The number of ether oxygens (including phenoxy) is 2. The van der Waals surface area contributed by atoms with Crippen molar-refractivity contribution in [3.05, 3.63) is 63.1 Å². The van der Waals surface area contributed by atoms with Crippen molar-refractivity contribution in [2.45, 2.75) is 76.5 Å². The molecule has 4 rings (SSSR count). The smallest absolute Gasteiger partial charge is 0.453 e. The van der Waals surface area contributed by atoms with Crippen molar-refractivity contribution in [3.63, 3.8) is 0 Å². The van der Waals surface area contributed by atoms with Crippen LogP contribution in [0.2, 0.25) is 0 Å². The number of halogens is 10. The molecule has 1 heterocycles. The van der Waals surface area contributed by atoms with E-state index in [4.69, 9.17) is 9.47 Å². The number of alkyl halides is 9. The molecule has 2 aromatic carbocycles. The monoisotopic (exact) mass is 705 g/mol. The molecule has 0 saturated heterocycles. The minimum atomic E-state index is -5.25. The van der Waals surface area contributed by atoms with Crippen LogP contribution < -0.4 is 4.48 Å². The highest BCUT2D eigenvalue weighted by Gasteiger charge is 2.73. The van der Waals surface area contributed by atoms with Crippen molar-refractivity contribution in [2.24, 2.45) is 5.92 Å². The van der Waals surface area contributed by atoms with Gasteiger partial charge < -0.3 is 9.47 Å². The maximum atomic E-state index is 15.3. The van der Waals surface area contributed by atoms with Gasteiger partial charge in [0.15, 0.2) is 5.69 Å². The van der Waals surface area contributed by atoms with Gasteiger partial charge in [-0.3, -0.25) is 4.90 Å². The van der Waals surface area contributed by atoms with Crippen LogP contribution in [0.15, 0.2) is 40.9 Å². The SMILES string of the molecule is COC(=O)N(Cc1cc(C(F)(F)F)cc(C(F)(F)F)c1)C1C[C@@H](C2CC2)[N@@+](C(=O)OC(C)C)(C(F)(F)F)c2c(Br)cccc21. The van der Waals surface area contributed by atoms with Gasteiger partial charge in [0.2, 0.25) is 0 Å². The molecule has 1 aliphatic carbocycles. The first-order chi connectivity index (χ1) is 20.2. The summed E-state index contributed by atoms with van der Waals surface area (Å²) >= 11 is 3.13. The lowest BCUT2D eigenvalue weighted by molar-refractivity contribution is -0.243. The zero-order valence-corrected chi connectivity index (χ0v) is 25.0. The molecule has 3 atom stereocenters. The molecular formula is C28H27BrF9N2O4+. The topological polar surface area (TPSA) is 55.8 Å². The maximum absolute atomic E-state index is 15.3. The minimum absolute atomic E-state index is 0.0718. The van der Waals surface area contributed by atoms with Gasteiger partial charge >= 0.3 is 30.8 Å². The molecule has 6 nitrogen and oxygen atoms in total. The zero-order chi connectivity index (χ0) is 33.0. The largest absolute Gasteiger partial charge is 0.576 e. The van der Waals surface area contributed by atoms with Crippen LogP contribution in [0.1, 0.15) is 61.4 Å². The first-order valence-corrected chi connectivity index (χ1v) is 14.1. The highest BCUT2D eigenvalue weighted by molar-refractivity contribution is 9.10. The van der Waals surface area contributed by atoms with Gasteiger partial charge in [-0.05, 0) is 72.4 Å². The summed E-state index contributed by atoms with van der Waals surface area (Å²) in [5.41, 5.74) is -4.63. The molecule has 16 heteroatoms. The van der Waals surface area contributed by atoms with E-state index in [9.17, 15) is 35.9 Å². The molecule has 1 unspecified atom stereocenters. The maximum Gasteiger partial charge on any atom is 0.576 e. The van der Waals surface area contributed by atoms with Crippen molar-refractivity contribution in [2.75, 3.05) is 7.11 Å². The summed E-state index contributed by atoms with van der Waals surface area (Å²) in [6.45, 7) is 1.89. The third kappa shape index (κ3) is 6.24. The van der Waals surface area contributed by atoms with Crippen molar-refractivity contribution in [3.8, 4) is 0 Å². The van der Waals surface area contributed by atoms with Crippen LogP contribution in [0, 0.1) is 5.92 Å². The molecule has 0 aromatic heterocycles. The lowest BCUT2D eigenvalue weighted by Gasteiger charge is -2.48. The highest BCUT2D eigenvalue weighted by Crippen LogP contribution is 2.58. The zero-order valence-electron chi connectivity index (χ0n) is 23.4. The second-order valence-electron chi connectivity index (χ2n) is 11.0. The van der Waals surface area contributed by atoms with E-state index in [1.807, 2.05) is 0 Å². The van der Waals surface area contributed by atoms with E-state index in [2.05, 4.69) is 15.9 Å². The van der Waals surface area contributed by atoms with Gasteiger partial charge in [-0.2, -0.15) is 31.1 Å². The van der Waals surface area contributed by atoms with E-state index in [0.717, 1.165) is 12.0 Å². The number of quaternary nitrogens is 1. The average molecular weight is 706 g/mol. The lowest BCUT2D eigenvalue weighted by Crippen LogP contribution is -2.72. The van der Waals surface area contributed by atoms with Crippen LogP contribution in [-0.2, 0) is 28.4 Å². The van der Waals surface area contributed by atoms with Gasteiger partial charge in [0.25, 0.3) is 0 Å². The van der Waals surface area contributed by atoms with E-state index in [-0.39, 0.29) is 16.1 Å². The third-order valence-corrected chi connectivity index (χ3v) is 8.31. The van der Waals surface area contributed by atoms with Gasteiger partial charge in [0, 0.05) is 24.4 Å². The standard InChI is InChI=1S/C28H27BrF9N2O4/c1-14(2)44-25(42)40(28(36,37)38)22(16-7-8-16)12-21(19-5-4-6-20(29)23(19)40)39(24(41)43-3)13-15-9-17(26(30,31)32)11-18(10-15)27(33,34)35/h4-6,9-11,14,16,21-22H,7-8,12-13H2,1-3H3/q+1/t21?,22-,40+/m0/s1. The van der Waals surface area contributed by atoms with Crippen molar-refractivity contribution >= 4 is 33.8 Å². The molecule has 2 aromatic rings. The molecular weight excluding hydrogens is 679 g/mol. The normalized spacial score (nSPS) is 22.4. The Morgan fingerprint density at radius 1 is 0.977 bits per heavy atom. The van der Waals surface area contributed by atoms with Gasteiger partial charge in [-0.15, -0.1) is 13.2 Å². The number of nitrogens with zero attached hydrogens (tertiary/aromatic N) is 2. The number of hydrogen-bond donors (Lipinski definition) is 0. The molecule has 0 radical (unpaired) electrons. The van der Waals surface area contributed by atoms with Crippen LogP contribution in [0.3, 0.4) is 0 Å². The summed E-state index contributed by atoms with van der Waals surface area (Å²) in [4.78, 5) is 27.5. The molecule has 0 bridgehead atoms. The summed E-state index contributed by atoms with van der Waals surface area (Å²) in [5.74, 6) is -0.663. The quantitative estimate of drug-likeness (QED) is 0.177. The Morgan fingerprint density at radius 3 is 2.00 bits per heavy atom. The predicted octanol–water partition coefficient (Wildman–Crippen LogP) is 9.35. The van der Waals surface area contributed by atoms with E-state index >= 15 is 13.2 Å². The second kappa shape index (κ2) is 11.7. The number of hydrogen-bond acceptors (Lipinski definition) is 4. The molecule has 1 aliphatic heterocycles. The summed E-state index contributed by atoms with van der Waals surface area (Å²) < 4.78 is 135. The number of carbonyl (C=O) groups excluding carboxylic acids is 2. The van der Waals surface area contributed by atoms with Crippen molar-refractivity contribution < 1.29 is 58.6 Å². The molecule has 0 spiro atoms. The first kappa shape index (κ1) is 33.9. The van der Waals surface area contributed by atoms with Gasteiger partial charge in [-0.1, -0.05) is 16.6 Å². The van der Waals surface area contributed by atoms with Crippen molar-refractivity contribution in [1.82, 2.24) is 9.38 Å². The Balaban J connectivity index is 1.95. The van der Waals surface area contributed by atoms with Crippen LogP contribution >= 0.6 is 15.9 Å². The molecule has 44 heavy (non-hydrogen) atoms. The minimum Gasteiger partial charge on any atom is -0.453 e. The van der Waals surface area contributed by atoms with Crippen LogP contribution in [-0.4, -0.2) is 42.6 Å². The fraction of sp³-hybridized carbons (Fsp3) is 0.500. The third-order valence-electron chi connectivity index (χ3n) is 7.67. The first-order valence-electron chi connectivity index (χ1n) is 13.3. The van der Waals surface area contributed by atoms with Gasteiger partial charge in [0.1, 0.15) is 12.1 Å². The Morgan fingerprint density at radius 2 is 1.55 bits per heavy atom. The molecule has 242 valence electrons. The second-order valence-corrected chi connectivity index (χ2v) is 11.8. The van der Waals surface area contributed by atoms with E-state index in [1.54, 1.807) is 0 Å². The van der Waals surface area contributed by atoms with E-state index in [0.29, 0.717) is 25.0 Å². The molecule has 2 amide bonds. The summed E-state index contributed by atoms with van der Waals surface area (Å²) in [5, 5.41) is 0. The fourth-order valence-corrected chi connectivity index (χ4v) is 6.46. The molecule has 1 saturated carbocycles. The average Bonchev–Trinajstić information content (AvgIpc) is 3.74. The summed E-state index contributed by atoms with van der Waals surface area (Å²) in [6, 6.07) is 1.73. The van der Waals surface area contributed by atoms with Crippen LogP contribution in [0.5, 0.6) is 0 Å². The van der Waals surface area contributed by atoms with Crippen LogP contribution in [0.25, 0.3) is 0 Å². The van der Waals surface area contributed by atoms with Gasteiger partial charge in [-0.25, -0.2) is 4.79 Å². The van der Waals surface area contributed by atoms with E-state index < -0.39 is 94.8 Å². The molecule has 2 aliphatic rings. The number of rotatable bonds is 5.